The van der Waals surface area contributed by atoms with Crippen molar-refractivity contribution in [3.8, 4) is 5.75 Å². The SMILES string of the molecule is O=C(O)CCNC(=O)c1ccc(CN(C(=O)Nc2cccc(O)c2)c2ccc(C3=CCCCC3)cc2)cc1. The number of hydrogen-bond donors (Lipinski definition) is 4. The fourth-order valence-corrected chi connectivity index (χ4v) is 4.34. The molecule has 1 aliphatic rings. The lowest BCUT2D eigenvalue weighted by atomic mass is 9.93. The molecule has 0 aliphatic heterocycles. The first kappa shape index (κ1) is 26.5. The van der Waals surface area contributed by atoms with Crippen molar-refractivity contribution < 1.29 is 24.6 Å². The van der Waals surface area contributed by atoms with Gasteiger partial charge in [-0.2, -0.15) is 0 Å². The Morgan fingerprint density at radius 2 is 1.68 bits per heavy atom. The summed E-state index contributed by atoms with van der Waals surface area (Å²) in [5, 5.41) is 24.0. The lowest BCUT2D eigenvalue weighted by molar-refractivity contribution is -0.136. The van der Waals surface area contributed by atoms with Gasteiger partial charge in [0.15, 0.2) is 0 Å². The highest BCUT2D eigenvalue weighted by atomic mass is 16.4. The predicted octanol–water partition coefficient (Wildman–Crippen LogP) is 5.79. The number of carboxylic acid groups (broad SMARTS) is 1. The van der Waals surface area contributed by atoms with E-state index in [4.69, 9.17) is 5.11 Å². The smallest absolute Gasteiger partial charge is 0.326 e. The molecule has 3 aromatic rings. The number of carboxylic acids is 1. The number of phenols is 1. The van der Waals surface area contributed by atoms with Crippen molar-refractivity contribution in [1.29, 1.82) is 0 Å². The Labute approximate surface area is 221 Å². The second-order valence-electron chi connectivity index (χ2n) is 9.19. The number of nitrogens with one attached hydrogen (secondary N) is 2. The number of carbonyl (C=O) groups is 3. The van der Waals surface area contributed by atoms with E-state index in [1.54, 1.807) is 41.3 Å². The standard InChI is InChI=1S/C30H31N3O5/c34-27-8-4-7-25(19-27)32-30(38)33(26-15-13-23(14-16-26)22-5-2-1-3-6-22)20-21-9-11-24(12-10-21)29(37)31-18-17-28(35)36/h4-5,7-16,19,34H,1-3,6,17-18,20H2,(H,31,37)(H,32,38)(H,35,36). The molecule has 0 fully saturated rings. The Balaban J connectivity index is 1.52. The molecule has 8 nitrogen and oxygen atoms in total. The zero-order valence-electron chi connectivity index (χ0n) is 21.0. The minimum absolute atomic E-state index is 0.0474. The quantitative estimate of drug-likeness (QED) is 0.289. The van der Waals surface area contributed by atoms with Crippen LogP contribution in [0.4, 0.5) is 16.2 Å². The van der Waals surface area contributed by atoms with Crippen LogP contribution in [0.1, 0.15) is 53.6 Å². The summed E-state index contributed by atoms with van der Waals surface area (Å²) in [6.45, 7) is 0.291. The van der Waals surface area contributed by atoms with Gasteiger partial charge in [0.1, 0.15) is 5.75 Å². The Hall–Kier alpha value is -4.59. The average molecular weight is 514 g/mol. The minimum Gasteiger partial charge on any atom is -0.508 e. The number of benzene rings is 3. The highest BCUT2D eigenvalue weighted by Gasteiger charge is 2.18. The van der Waals surface area contributed by atoms with Gasteiger partial charge in [-0.05, 0) is 78.8 Å². The fraction of sp³-hybridized carbons (Fsp3) is 0.233. The molecule has 0 saturated heterocycles. The van der Waals surface area contributed by atoms with Crippen LogP contribution in [-0.2, 0) is 11.3 Å². The zero-order valence-corrected chi connectivity index (χ0v) is 21.0. The molecular formula is C30H31N3O5. The number of allylic oxidation sites excluding steroid dienone is 2. The largest absolute Gasteiger partial charge is 0.508 e. The number of aliphatic carboxylic acids is 1. The molecule has 3 amide bonds. The first-order valence-corrected chi connectivity index (χ1v) is 12.6. The number of carbonyl (C=O) groups excluding carboxylic acids is 2. The van der Waals surface area contributed by atoms with Crippen LogP contribution in [0, 0.1) is 0 Å². The second-order valence-corrected chi connectivity index (χ2v) is 9.19. The zero-order chi connectivity index (χ0) is 26.9. The maximum atomic E-state index is 13.4. The molecule has 4 N–H and O–H groups in total. The van der Waals surface area contributed by atoms with Crippen LogP contribution in [0.25, 0.3) is 5.57 Å². The summed E-state index contributed by atoms with van der Waals surface area (Å²) in [7, 11) is 0. The maximum absolute atomic E-state index is 13.4. The van der Waals surface area contributed by atoms with Gasteiger partial charge in [0, 0.05) is 29.5 Å². The van der Waals surface area contributed by atoms with Crippen molar-refractivity contribution in [2.45, 2.75) is 38.6 Å². The Morgan fingerprint density at radius 1 is 0.921 bits per heavy atom. The number of phenolic OH excluding ortho intramolecular Hbond substituents is 1. The third-order valence-corrected chi connectivity index (χ3v) is 6.36. The summed E-state index contributed by atoms with van der Waals surface area (Å²) in [4.78, 5) is 37.9. The lowest BCUT2D eigenvalue weighted by Crippen LogP contribution is -2.34. The van der Waals surface area contributed by atoms with Gasteiger partial charge < -0.3 is 20.8 Å². The van der Waals surface area contributed by atoms with E-state index in [2.05, 4.69) is 16.7 Å². The number of anilines is 2. The number of aromatic hydroxyl groups is 1. The summed E-state index contributed by atoms with van der Waals surface area (Å²) in [5.41, 5.74) is 4.86. The van der Waals surface area contributed by atoms with Gasteiger partial charge in [0.05, 0.1) is 13.0 Å². The number of amides is 3. The van der Waals surface area contributed by atoms with E-state index in [-0.39, 0.29) is 37.2 Å². The van der Waals surface area contributed by atoms with E-state index in [1.807, 2.05) is 24.3 Å². The molecule has 3 aromatic carbocycles. The Kier molecular flexibility index (Phi) is 8.77. The van der Waals surface area contributed by atoms with Crippen molar-refractivity contribution in [3.63, 3.8) is 0 Å². The number of rotatable bonds is 9. The molecule has 196 valence electrons. The monoisotopic (exact) mass is 513 g/mol. The highest BCUT2D eigenvalue weighted by Crippen LogP contribution is 2.29. The van der Waals surface area contributed by atoms with E-state index in [0.717, 1.165) is 24.0 Å². The molecule has 0 aromatic heterocycles. The third-order valence-electron chi connectivity index (χ3n) is 6.36. The molecule has 4 rings (SSSR count). The molecule has 1 aliphatic carbocycles. The van der Waals surface area contributed by atoms with Gasteiger partial charge >= 0.3 is 12.0 Å². The van der Waals surface area contributed by atoms with Crippen LogP contribution < -0.4 is 15.5 Å². The van der Waals surface area contributed by atoms with Gasteiger partial charge in [-0.25, -0.2) is 4.79 Å². The summed E-state index contributed by atoms with van der Waals surface area (Å²) in [5.74, 6) is -1.28. The molecule has 38 heavy (non-hydrogen) atoms. The molecule has 8 heteroatoms. The van der Waals surface area contributed by atoms with Gasteiger partial charge in [-0.15, -0.1) is 0 Å². The minimum atomic E-state index is -0.978. The lowest BCUT2D eigenvalue weighted by Gasteiger charge is -2.24. The van der Waals surface area contributed by atoms with Crippen molar-refractivity contribution in [3.05, 3.63) is 95.6 Å². The second kappa shape index (κ2) is 12.6. The topological polar surface area (TPSA) is 119 Å². The van der Waals surface area contributed by atoms with E-state index < -0.39 is 5.97 Å². The molecule has 0 heterocycles. The number of hydrogen-bond acceptors (Lipinski definition) is 4. The van der Waals surface area contributed by atoms with Crippen molar-refractivity contribution >= 4 is 34.9 Å². The predicted molar refractivity (Wildman–Crippen MR) is 147 cm³/mol. The summed E-state index contributed by atoms with van der Waals surface area (Å²) in [6, 6.07) is 20.8. The van der Waals surface area contributed by atoms with Crippen LogP contribution in [0.2, 0.25) is 0 Å². The molecule has 0 spiro atoms. The molecule has 0 saturated carbocycles. The van der Waals surface area contributed by atoms with E-state index in [0.29, 0.717) is 16.9 Å². The van der Waals surface area contributed by atoms with Gasteiger partial charge in [-0.3, -0.25) is 14.5 Å². The first-order chi connectivity index (χ1) is 18.4. The fourth-order valence-electron chi connectivity index (χ4n) is 4.34. The van der Waals surface area contributed by atoms with Crippen molar-refractivity contribution in [2.75, 3.05) is 16.8 Å². The van der Waals surface area contributed by atoms with Gasteiger partial charge in [0.2, 0.25) is 0 Å². The molecule has 0 atom stereocenters. The summed E-state index contributed by atoms with van der Waals surface area (Å²) < 4.78 is 0. The van der Waals surface area contributed by atoms with E-state index >= 15 is 0 Å². The highest BCUT2D eigenvalue weighted by molar-refractivity contribution is 6.02. The summed E-state index contributed by atoms with van der Waals surface area (Å²) in [6.07, 6.45) is 6.67. The number of nitrogens with zero attached hydrogens (tertiary/aromatic N) is 1. The van der Waals surface area contributed by atoms with E-state index in [9.17, 15) is 19.5 Å². The summed E-state index contributed by atoms with van der Waals surface area (Å²) >= 11 is 0. The maximum Gasteiger partial charge on any atom is 0.326 e. The van der Waals surface area contributed by atoms with E-state index in [1.165, 1.54) is 30.5 Å². The van der Waals surface area contributed by atoms with Crippen LogP contribution in [0.3, 0.4) is 0 Å². The van der Waals surface area contributed by atoms with Gasteiger partial charge in [-0.1, -0.05) is 36.4 Å². The van der Waals surface area contributed by atoms with Gasteiger partial charge in [0.25, 0.3) is 5.91 Å². The Bertz CT molecular complexity index is 1320. The number of urea groups is 1. The molecule has 0 radical (unpaired) electrons. The molecular weight excluding hydrogens is 482 g/mol. The molecule has 0 bridgehead atoms. The Morgan fingerprint density at radius 3 is 2.34 bits per heavy atom. The normalized spacial score (nSPS) is 12.8. The van der Waals surface area contributed by atoms with Crippen LogP contribution in [0.5, 0.6) is 5.75 Å². The van der Waals surface area contributed by atoms with Crippen LogP contribution >= 0.6 is 0 Å². The third kappa shape index (κ3) is 7.22. The van der Waals surface area contributed by atoms with Crippen molar-refractivity contribution in [2.24, 2.45) is 0 Å². The van der Waals surface area contributed by atoms with Crippen LogP contribution in [0.15, 0.2) is 78.9 Å². The van der Waals surface area contributed by atoms with Crippen LogP contribution in [-0.4, -0.2) is 34.7 Å². The van der Waals surface area contributed by atoms with Crippen molar-refractivity contribution in [1.82, 2.24) is 5.32 Å². The molecule has 0 unspecified atom stereocenters. The average Bonchev–Trinajstić information content (AvgIpc) is 2.92. The first-order valence-electron chi connectivity index (χ1n) is 12.6.